The van der Waals surface area contributed by atoms with E-state index < -0.39 is 12.0 Å². The Labute approximate surface area is 151 Å². The summed E-state index contributed by atoms with van der Waals surface area (Å²) >= 11 is 6.97. The number of carboxylic acids is 1. The van der Waals surface area contributed by atoms with Gasteiger partial charge in [0.15, 0.2) is 0 Å². The number of hydrogen-bond donors (Lipinski definition) is 2. The number of rotatable bonds is 4. The van der Waals surface area contributed by atoms with Gasteiger partial charge in [-0.3, -0.25) is 0 Å². The number of para-hydroxylation sites is 1. The first-order valence-electron chi connectivity index (χ1n) is 8.27. The normalized spacial score (nSPS) is 20.2. The molecule has 1 aliphatic rings. The smallest absolute Gasteiger partial charge is 0.326 e. The van der Waals surface area contributed by atoms with Gasteiger partial charge in [0, 0.05) is 23.0 Å². The molecule has 1 aromatic heterocycles. The number of H-pyrrole nitrogens is 1. The van der Waals surface area contributed by atoms with Crippen LogP contribution in [-0.2, 0) is 11.2 Å². The van der Waals surface area contributed by atoms with Crippen LogP contribution in [0.1, 0.15) is 43.5 Å². The number of benzene rings is 1. The minimum atomic E-state index is -0.802. The Balaban J connectivity index is 2.15. The molecule has 128 valence electrons. The number of nitrogens with zero attached hydrogens (tertiary/aromatic N) is 1. The standard InChI is InChI=1S/C18H22N2O2S2/c1-3-4-9-14-16-12(11-7-5-6-8-13(11)19-16)10-15(17(21)22)20(14)18(23)24-2/h5-8,14-15,19H,3-4,9-10H2,1-2H3,(H,21,22)/t14-,15+/m0/s1. The summed E-state index contributed by atoms with van der Waals surface area (Å²) in [7, 11) is 0. The SMILES string of the molecule is CCCC[C@H]1c2[nH]c3ccccc3c2C[C@H](C(=O)O)N1C(=S)SC. The minimum Gasteiger partial charge on any atom is -0.480 e. The van der Waals surface area contributed by atoms with Crippen molar-refractivity contribution in [2.75, 3.05) is 6.26 Å². The Morgan fingerprint density at radius 3 is 2.88 bits per heavy atom. The van der Waals surface area contributed by atoms with E-state index in [1.54, 1.807) is 0 Å². The van der Waals surface area contributed by atoms with E-state index in [1.165, 1.54) is 11.8 Å². The van der Waals surface area contributed by atoms with Crippen LogP contribution in [0.5, 0.6) is 0 Å². The quantitative estimate of drug-likeness (QED) is 0.792. The zero-order chi connectivity index (χ0) is 17.3. The minimum absolute atomic E-state index is 0.00199. The third-order valence-corrected chi connectivity index (χ3v) is 6.02. The van der Waals surface area contributed by atoms with Gasteiger partial charge in [-0.15, -0.1) is 11.8 Å². The van der Waals surface area contributed by atoms with Gasteiger partial charge in [0.1, 0.15) is 10.4 Å². The maximum absolute atomic E-state index is 12.0. The molecule has 24 heavy (non-hydrogen) atoms. The van der Waals surface area contributed by atoms with E-state index in [2.05, 4.69) is 24.0 Å². The summed E-state index contributed by atoms with van der Waals surface area (Å²) in [5.74, 6) is -0.802. The summed E-state index contributed by atoms with van der Waals surface area (Å²) in [5.41, 5.74) is 3.35. The number of thioether (sulfide) groups is 1. The highest BCUT2D eigenvalue weighted by atomic mass is 32.2. The van der Waals surface area contributed by atoms with E-state index in [4.69, 9.17) is 12.2 Å². The molecule has 0 radical (unpaired) electrons. The number of nitrogens with one attached hydrogen (secondary N) is 1. The number of hydrogen-bond acceptors (Lipinski definition) is 3. The van der Waals surface area contributed by atoms with Crippen molar-refractivity contribution >= 4 is 45.2 Å². The second-order valence-corrected chi connectivity index (χ2v) is 7.60. The average molecular weight is 363 g/mol. The Morgan fingerprint density at radius 1 is 1.46 bits per heavy atom. The number of thiocarbonyl (C=S) groups is 1. The Bertz CT molecular complexity index is 771. The first-order valence-corrected chi connectivity index (χ1v) is 9.90. The molecule has 0 fully saturated rings. The molecule has 0 unspecified atom stereocenters. The highest BCUT2D eigenvalue weighted by Crippen LogP contribution is 2.41. The van der Waals surface area contributed by atoms with Crippen molar-refractivity contribution in [1.82, 2.24) is 9.88 Å². The number of carbonyl (C=O) groups is 1. The second kappa shape index (κ2) is 7.15. The van der Waals surface area contributed by atoms with Crippen molar-refractivity contribution in [2.45, 2.75) is 44.7 Å². The largest absolute Gasteiger partial charge is 0.480 e. The van der Waals surface area contributed by atoms with Crippen LogP contribution >= 0.6 is 24.0 Å². The van der Waals surface area contributed by atoms with E-state index in [1.807, 2.05) is 23.3 Å². The second-order valence-electron chi connectivity index (χ2n) is 6.16. The molecule has 0 aliphatic carbocycles. The molecular formula is C18H22N2O2S2. The first-order chi connectivity index (χ1) is 11.6. The van der Waals surface area contributed by atoms with Crippen LogP contribution < -0.4 is 0 Å². The van der Waals surface area contributed by atoms with E-state index in [9.17, 15) is 9.90 Å². The number of fused-ring (bicyclic) bond motifs is 3. The van der Waals surface area contributed by atoms with Crippen molar-refractivity contribution in [3.63, 3.8) is 0 Å². The molecule has 2 aromatic rings. The summed E-state index contributed by atoms with van der Waals surface area (Å²) in [6.07, 6.45) is 5.42. The summed E-state index contributed by atoms with van der Waals surface area (Å²) in [4.78, 5) is 17.4. The van der Waals surface area contributed by atoms with Crippen molar-refractivity contribution < 1.29 is 9.90 Å². The molecule has 0 amide bonds. The highest BCUT2D eigenvalue weighted by molar-refractivity contribution is 8.22. The lowest BCUT2D eigenvalue weighted by Crippen LogP contribution is -2.49. The fourth-order valence-corrected chi connectivity index (χ4v) is 4.34. The third-order valence-electron chi connectivity index (χ3n) is 4.75. The van der Waals surface area contributed by atoms with Gasteiger partial charge in [-0.05, 0) is 24.3 Å². The van der Waals surface area contributed by atoms with Gasteiger partial charge in [-0.25, -0.2) is 4.79 Å². The lowest BCUT2D eigenvalue weighted by Gasteiger charge is -2.41. The van der Waals surface area contributed by atoms with E-state index in [0.717, 1.165) is 41.4 Å². The van der Waals surface area contributed by atoms with Gasteiger partial charge < -0.3 is 15.0 Å². The number of carboxylic acid groups (broad SMARTS) is 1. The van der Waals surface area contributed by atoms with Crippen molar-refractivity contribution in [3.05, 3.63) is 35.5 Å². The van der Waals surface area contributed by atoms with Crippen LogP contribution in [0.25, 0.3) is 10.9 Å². The van der Waals surface area contributed by atoms with Crippen LogP contribution in [0.15, 0.2) is 24.3 Å². The van der Waals surface area contributed by atoms with E-state index in [0.29, 0.717) is 10.7 Å². The maximum atomic E-state index is 12.0. The predicted octanol–water partition coefficient (Wildman–Crippen LogP) is 4.36. The molecule has 4 nitrogen and oxygen atoms in total. The Morgan fingerprint density at radius 2 is 2.21 bits per heavy atom. The van der Waals surface area contributed by atoms with E-state index in [-0.39, 0.29) is 6.04 Å². The molecule has 1 aliphatic heterocycles. The lowest BCUT2D eigenvalue weighted by molar-refractivity contribution is -0.142. The fourth-order valence-electron chi connectivity index (χ4n) is 3.62. The van der Waals surface area contributed by atoms with Gasteiger partial charge in [-0.2, -0.15) is 0 Å². The number of aliphatic carboxylic acids is 1. The average Bonchev–Trinajstić information content (AvgIpc) is 2.96. The molecule has 0 saturated carbocycles. The molecule has 1 aromatic carbocycles. The molecule has 6 heteroatoms. The van der Waals surface area contributed by atoms with E-state index >= 15 is 0 Å². The Hall–Kier alpha value is -1.53. The summed E-state index contributed by atoms with van der Waals surface area (Å²) in [6, 6.07) is 7.54. The number of unbranched alkanes of at least 4 members (excludes halogenated alkanes) is 1. The zero-order valence-electron chi connectivity index (χ0n) is 13.9. The van der Waals surface area contributed by atoms with Gasteiger partial charge >= 0.3 is 5.97 Å². The summed E-state index contributed by atoms with van der Waals surface area (Å²) < 4.78 is 0.660. The first kappa shape index (κ1) is 17.3. The van der Waals surface area contributed by atoms with Gasteiger partial charge in [-0.1, -0.05) is 50.2 Å². The van der Waals surface area contributed by atoms with Crippen LogP contribution in [0.3, 0.4) is 0 Å². The van der Waals surface area contributed by atoms with Crippen LogP contribution in [0, 0.1) is 0 Å². The van der Waals surface area contributed by atoms with Gasteiger partial charge in [0.05, 0.1) is 6.04 Å². The zero-order valence-corrected chi connectivity index (χ0v) is 15.5. The molecule has 3 rings (SSSR count). The molecule has 2 atom stereocenters. The number of aromatic nitrogens is 1. The van der Waals surface area contributed by atoms with Crippen molar-refractivity contribution in [1.29, 1.82) is 0 Å². The predicted molar refractivity (Wildman–Crippen MR) is 104 cm³/mol. The highest BCUT2D eigenvalue weighted by Gasteiger charge is 2.40. The van der Waals surface area contributed by atoms with Gasteiger partial charge in [0.25, 0.3) is 0 Å². The molecule has 2 heterocycles. The fraction of sp³-hybridized carbons (Fsp3) is 0.444. The van der Waals surface area contributed by atoms with Crippen LogP contribution in [0.2, 0.25) is 0 Å². The lowest BCUT2D eigenvalue weighted by atomic mass is 9.90. The van der Waals surface area contributed by atoms with Crippen molar-refractivity contribution in [2.24, 2.45) is 0 Å². The molecule has 0 saturated heterocycles. The topological polar surface area (TPSA) is 56.3 Å². The third kappa shape index (κ3) is 2.93. The molecular weight excluding hydrogens is 340 g/mol. The van der Waals surface area contributed by atoms with Gasteiger partial charge in [0.2, 0.25) is 0 Å². The van der Waals surface area contributed by atoms with Crippen LogP contribution in [0.4, 0.5) is 0 Å². The maximum Gasteiger partial charge on any atom is 0.326 e. The molecule has 2 N–H and O–H groups in total. The molecule has 0 spiro atoms. The monoisotopic (exact) mass is 362 g/mol. The summed E-state index contributed by atoms with van der Waals surface area (Å²) in [6.45, 7) is 2.15. The summed E-state index contributed by atoms with van der Waals surface area (Å²) in [5, 5.41) is 10.9. The molecule has 0 bridgehead atoms. The van der Waals surface area contributed by atoms with Crippen LogP contribution in [-0.4, -0.2) is 37.6 Å². The Kier molecular flexibility index (Phi) is 5.15. The van der Waals surface area contributed by atoms with Crippen molar-refractivity contribution in [3.8, 4) is 0 Å². The number of aromatic amines is 1.